The lowest BCUT2D eigenvalue weighted by Gasteiger charge is -2.24. The van der Waals surface area contributed by atoms with Gasteiger partial charge in [-0.2, -0.15) is 0 Å². The molecule has 74 valence electrons. The molecule has 0 aromatic carbocycles. The van der Waals surface area contributed by atoms with Gasteiger partial charge in [-0.25, -0.2) is 0 Å². The van der Waals surface area contributed by atoms with Crippen LogP contribution in [0.3, 0.4) is 0 Å². The summed E-state index contributed by atoms with van der Waals surface area (Å²) in [5, 5.41) is 0. The highest BCUT2D eigenvalue weighted by Crippen LogP contribution is 2.27. The highest BCUT2D eigenvalue weighted by Gasteiger charge is 2.18. The van der Waals surface area contributed by atoms with Crippen LogP contribution in [0.25, 0.3) is 0 Å². The average Bonchev–Trinajstić information content (AvgIpc) is 1.84. The van der Waals surface area contributed by atoms with Gasteiger partial charge in [0.15, 0.2) is 0 Å². The maximum Gasteiger partial charge on any atom is 0.0148 e. The van der Waals surface area contributed by atoms with Crippen molar-refractivity contribution in [3.05, 3.63) is 0 Å². The van der Waals surface area contributed by atoms with E-state index in [1.165, 1.54) is 12.8 Å². The van der Waals surface area contributed by atoms with E-state index < -0.39 is 0 Å². The third-order valence-corrected chi connectivity index (χ3v) is 3.20. The minimum atomic E-state index is 0.663. The highest BCUT2D eigenvalue weighted by molar-refractivity contribution is 9.09. The number of hydrogen-bond acceptors (Lipinski definition) is 0. The van der Waals surface area contributed by atoms with Gasteiger partial charge in [0.25, 0.3) is 0 Å². The van der Waals surface area contributed by atoms with E-state index in [-0.39, 0.29) is 0 Å². The zero-order valence-corrected chi connectivity index (χ0v) is 10.7. The van der Waals surface area contributed by atoms with E-state index in [1.807, 2.05) is 0 Å². The van der Waals surface area contributed by atoms with E-state index >= 15 is 0 Å². The Hall–Kier alpha value is 0.480. The molecule has 0 bridgehead atoms. The van der Waals surface area contributed by atoms with Gasteiger partial charge in [0.2, 0.25) is 0 Å². The first kappa shape index (κ1) is 12.5. The van der Waals surface area contributed by atoms with Gasteiger partial charge in [0, 0.05) is 4.83 Å². The Bertz CT molecular complexity index is 97.6. The largest absolute Gasteiger partial charge is 0.0891 e. The van der Waals surface area contributed by atoms with Gasteiger partial charge in [0.1, 0.15) is 0 Å². The van der Waals surface area contributed by atoms with Gasteiger partial charge in [0.05, 0.1) is 0 Å². The van der Waals surface area contributed by atoms with E-state index in [0.717, 1.165) is 17.8 Å². The topological polar surface area (TPSA) is 0 Å². The summed E-state index contributed by atoms with van der Waals surface area (Å²) in [5.41, 5.74) is 0. The molecule has 0 rings (SSSR count). The first-order valence-corrected chi connectivity index (χ1v) is 6.00. The Morgan fingerprint density at radius 1 is 0.917 bits per heavy atom. The van der Waals surface area contributed by atoms with Crippen LogP contribution in [0.1, 0.15) is 47.5 Å². The van der Waals surface area contributed by atoms with Gasteiger partial charge in [-0.15, -0.1) is 0 Å². The summed E-state index contributed by atoms with van der Waals surface area (Å²) in [5.74, 6) is 2.49. The van der Waals surface area contributed by atoms with Crippen LogP contribution in [0.15, 0.2) is 0 Å². The lowest BCUT2D eigenvalue weighted by molar-refractivity contribution is 0.333. The molecule has 0 aliphatic carbocycles. The predicted molar refractivity (Wildman–Crippen MR) is 60.8 cm³/mol. The molecule has 0 aliphatic heterocycles. The smallest absolute Gasteiger partial charge is 0.0148 e. The van der Waals surface area contributed by atoms with Crippen molar-refractivity contribution in [3.63, 3.8) is 0 Å². The Morgan fingerprint density at radius 3 is 1.67 bits per heavy atom. The van der Waals surface area contributed by atoms with Crippen molar-refractivity contribution >= 4 is 15.9 Å². The van der Waals surface area contributed by atoms with Crippen LogP contribution < -0.4 is 0 Å². The predicted octanol–water partition coefficient (Wildman–Crippen LogP) is 4.48. The summed E-state index contributed by atoms with van der Waals surface area (Å²) >= 11 is 3.69. The minimum absolute atomic E-state index is 0.663. The second kappa shape index (κ2) is 6.01. The minimum Gasteiger partial charge on any atom is -0.0891 e. The normalized spacial score (nSPS) is 17.0. The SMILES string of the molecule is CC(C)CCC(C(C)C)C(C)Br. The molecular formula is C11H23Br. The molecule has 0 saturated heterocycles. The second-order valence-corrected chi connectivity index (χ2v) is 6.00. The fourth-order valence-corrected chi connectivity index (χ4v) is 2.49. The van der Waals surface area contributed by atoms with E-state index in [9.17, 15) is 0 Å². The Kier molecular flexibility index (Phi) is 6.25. The molecule has 0 saturated carbocycles. The van der Waals surface area contributed by atoms with Crippen LogP contribution in [0, 0.1) is 17.8 Å². The van der Waals surface area contributed by atoms with Crippen molar-refractivity contribution in [1.29, 1.82) is 0 Å². The van der Waals surface area contributed by atoms with Crippen LogP contribution in [0.5, 0.6) is 0 Å². The summed E-state index contributed by atoms with van der Waals surface area (Å²) in [6.45, 7) is 11.5. The van der Waals surface area contributed by atoms with Crippen molar-refractivity contribution in [2.45, 2.75) is 52.3 Å². The van der Waals surface area contributed by atoms with E-state index in [1.54, 1.807) is 0 Å². The molecule has 0 fully saturated rings. The molecular weight excluding hydrogens is 212 g/mol. The standard InChI is InChI=1S/C11H23Br/c1-8(2)6-7-11(9(3)4)10(5)12/h8-11H,6-7H2,1-5H3. The van der Waals surface area contributed by atoms with Gasteiger partial charge < -0.3 is 0 Å². The highest BCUT2D eigenvalue weighted by atomic mass is 79.9. The average molecular weight is 235 g/mol. The fourth-order valence-electron chi connectivity index (χ4n) is 1.62. The molecule has 0 heterocycles. The fraction of sp³-hybridized carbons (Fsp3) is 1.00. The number of alkyl halides is 1. The summed E-state index contributed by atoms with van der Waals surface area (Å²) < 4.78 is 0. The van der Waals surface area contributed by atoms with E-state index in [2.05, 4.69) is 50.5 Å². The Labute approximate surface area is 86.3 Å². The quantitative estimate of drug-likeness (QED) is 0.616. The molecule has 0 spiro atoms. The molecule has 2 unspecified atom stereocenters. The summed E-state index contributed by atoms with van der Waals surface area (Å²) in [6, 6.07) is 0. The van der Waals surface area contributed by atoms with Crippen LogP contribution in [-0.2, 0) is 0 Å². The van der Waals surface area contributed by atoms with Crippen molar-refractivity contribution in [1.82, 2.24) is 0 Å². The third kappa shape index (κ3) is 5.18. The van der Waals surface area contributed by atoms with Crippen LogP contribution in [0.4, 0.5) is 0 Å². The maximum atomic E-state index is 3.69. The van der Waals surface area contributed by atoms with Crippen molar-refractivity contribution < 1.29 is 0 Å². The Balaban J connectivity index is 3.80. The maximum absolute atomic E-state index is 3.69. The zero-order valence-electron chi connectivity index (χ0n) is 9.10. The van der Waals surface area contributed by atoms with Gasteiger partial charge >= 0.3 is 0 Å². The molecule has 0 amide bonds. The lowest BCUT2D eigenvalue weighted by Crippen LogP contribution is -2.18. The van der Waals surface area contributed by atoms with Crippen molar-refractivity contribution in [2.24, 2.45) is 17.8 Å². The van der Waals surface area contributed by atoms with Gasteiger partial charge in [-0.05, 0) is 24.2 Å². The zero-order chi connectivity index (χ0) is 9.72. The summed E-state index contributed by atoms with van der Waals surface area (Å²) in [6.07, 6.45) is 2.72. The van der Waals surface area contributed by atoms with Crippen molar-refractivity contribution in [3.8, 4) is 0 Å². The molecule has 2 atom stereocenters. The van der Waals surface area contributed by atoms with Crippen LogP contribution in [0.2, 0.25) is 0 Å². The molecule has 0 aliphatic rings. The van der Waals surface area contributed by atoms with E-state index in [0.29, 0.717) is 4.83 Å². The molecule has 0 N–H and O–H groups in total. The van der Waals surface area contributed by atoms with Crippen LogP contribution >= 0.6 is 15.9 Å². The molecule has 12 heavy (non-hydrogen) atoms. The molecule has 0 radical (unpaired) electrons. The monoisotopic (exact) mass is 234 g/mol. The molecule has 0 aromatic rings. The second-order valence-electron chi connectivity index (χ2n) is 4.56. The first-order valence-electron chi connectivity index (χ1n) is 5.09. The number of rotatable bonds is 5. The third-order valence-electron chi connectivity index (χ3n) is 2.52. The molecule has 0 aromatic heterocycles. The first-order chi connectivity index (χ1) is 5.45. The van der Waals surface area contributed by atoms with Gasteiger partial charge in [-0.3, -0.25) is 0 Å². The van der Waals surface area contributed by atoms with Crippen molar-refractivity contribution in [2.75, 3.05) is 0 Å². The number of hydrogen-bond donors (Lipinski definition) is 0. The van der Waals surface area contributed by atoms with Gasteiger partial charge in [-0.1, -0.05) is 57.0 Å². The summed E-state index contributed by atoms with van der Waals surface area (Å²) in [4.78, 5) is 0.663. The Morgan fingerprint density at radius 2 is 1.42 bits per heavy atom. The molecule has 1 heteroatoms. The number of halogens is 1. The summed E-state index contributed by atoms with van der Waals surface area (Å²) in [7, 11) is 0. The van der Waals surface area contributed by atoms with Crippen LogP contribution in [-0.4, -0.2) is 4.83 Å². The molecule has 0 nitrogen and oxygen atoms in total. The lowest BCUT2D eigenvalue weighted by atomic mass is 9.87. The van der Waals surface area contributed by atoms with E-state index in [4.69, 9.17) is 0 Å².